The maximum atomic E-state index is 12.3. The van der Waals surface area contributed by atoms with E-state index in [-0.39, 0.29) is 29.0 Å². The Balaban J connectivity index is 1.13. The zero-order valence-electron chi connectivity index (χ0n) is 25.3. The van der Waals surface area contributed by atoms with Crippen LogP contribution in [0.15, 0.2) is 28.4 Å². The Morgan fingerprint density at radius 3 is 2.27 bits per heavy atom. The second kappa shape index (κ2) is 14.7. The van der Waals surface area contributed by atoms with Crippen molar-refractivity contribution in [3.05, 3.63) is 45.3 Å². The lowest BCUT2D eigenvalue weighted by Gasteiger charge is -2.34. The maximum Gasteiger partial charge on any atom is 0.478 e. The molecule has 51 heavy (non-hydrogen) atoms. The highest BCUT2D eigenvalue weighted by molar-refractivity contribution is 7.68. The lowest BCUT2D eigenvalue weighted by molar-refractivity contribution is -0.249. The number of nitrogen functional groups attached to an aromatic ring is 1. The van der Waals surface area contributed by atoms with E-state index >= 15 is 0 Å². The maximum absolute atomic E-state index is 12.3. The van der Waals surface area contributed by atoms with E-state index in [4.69, 9.17) is 15.2 Å². The quantitative estimate of drug-likeness (QED) is 0.0848. The van der Waals surface area contributed by atoms with Crippen LogP contribution in [0.2, 0.25) is 0 Å². The lowest BCUT2D eigenvalue weighted by atomic mass is 10.1. The summed E-state index contributed by atoms with van der Waals surface area (Å²) in [4.78, 5) is 83.4. The molecule has 2 fully saturated rings. The molecule has 5 heterocycles. The van der Waals surface area contributed by atoms with Crippen LogP contribution in [-0.2, 0) is 49.7 Å². The summed E-state index contributed by atoms with van der Waals surface area (Å²) in [5, 5.41) is 31.0. The molecule has 0 radical (unpaired) electrons. The SMILES string of the molecule is Cc1cn([C@H]2CC(O)[C@@H](COP(=O)([O-])OP(=O)([O-])OP(=O)([O-])OP(=O)(O)OC[C@H]3O[C@@H](n4cnc5c(N)ncnc54)C(O)C3O)O2)c(=O)[nH]c1=O. The summed E-state index contributed by atoms with van der Waals surface area (Å²) in [5.41, 5.74) is 4.35. The number of nitrogens with one attached hydrogen (secondary N) is 1. The van der Waals surface area contributed by atoms with E-state index in [1.165, 1.54) is 6.92 Å². The van der Waals surface area contributed by atoms with Gasteiger partial charge in [0.05, 0.1) is 25.6 Å². The fourth-order valence-corrected chi connectivity index (χ4v) is 9.56. The normalized spacial score (nSPS) is 30.1. The topological polar surface area (TPSA) is 407 Å². The summed E-state index contributed by atoms with van der Waals surface area (Å²) >= 11 is 0. The molecule has 3 aromatic rings. The molecule has 284 valence electrons. The van der Waals surface area contributed by atoms with Crippen LogP contribution < -0.4 is 31.7 Å². The first-order chi connectivity index (χ1) is 23.6. The number of ether oxygens (including phenoxy) is 2. The number of nitrogens with zero attached hydrogens (tertiary/aromatic N) is 5. The van der Waals surface area contributed by atoms with Gasteiger partial charge in [-0.2, -0.15) is 0 Å². The number of phosphoric acid groups is 4. The first-order valence-electron chi connectivity index (χ1n) is 13.9. The molecule has 0 aromatic carbocycles. The van der Waals surface area contributed by atoms with Gasteiger partial charge in [0.2, 0.25) is 0 Å². The first kappa shape index (κ1) is 39.6. The van der Waals surface area contributed by atoms with E-state index in [2.05, 4.69) is 36.9 Å². The van der Waals surface area contributed by atoms with Crippen LogP contribution in [0.25, 0.3) is 11.2 Å². The van der Waals surface area contributed by atoms with E-state index in [0.717, 1.165) is 28.0 Å². The Labute approximate surface area is 282 Å². The second-order valence-corrected chi connectivity index (χ2v) is 16.8. The molecule has 2 saturated heterocycles. The fraction of sp³-hybridized carbons (Fsp3) is 0.550. The number of rotatable bonds is 14. The summed E-state index contributed by atoms with van der Waals surface area (Å²) in [7, 11) is -25.0. The predicted octanol–water partition coefficient (Wildman–Crippen LogP) is -3.88. The number of imidazole rings is 1. The highest BCUT2D eigenvalue weighted by atomic mass is 31.3. The van der Waals surface area contributed by atoms with Gasteiger partial charge in [0.1, 0.15) is 42.5 Å². The van der Waals surface area contributed by atoms with Crippen LogP contribution in [0.1, 0.15) is 24.4 Å². The van der Waals surface area contributed by atoms with Gasteiger partial charge >= 0.3 is 13.5 Å². The summed E-state index contributed by atoms with van der Waals surface area (Å²) in [5.74, 6) is -0.0280. The molecule has 0 amide bonds. The van der Waals surface area contributed by atoms with E-state index < -0.39 is 98.7 Å². The highest BCUT2D eigenvalue weighted by Gasteiger charge is 2.46. The number of aryl methyl sites for hydroxylation is 1. The number of anilines is 1. The smallest absolute Gasteiger partial charge is 0.478 e. The summed E-state index contributed by atoms with van der Waals surface area (Å²) in [6.45, 7) is -0.928. The van der Waals surface area contributed by atoms with Crippen molar-refractivity contribution >= 4 is 48.3 Å². The number of phosphoric ester groups is 2. The number of fused-ring (bicyclic) bond motifs is 1. The average molecular weight is 808 g/mol. The first-order valence-corrected chi connectivity index (χ1v) is 19.7. The Hall–Kier alpha value is -2.61. The van der Waals surface area contributed by atoms with Crippen molar-refractivity contribution < 1.29 is 84.6 Å². The van der Waals surface area contributed by atoms with Crippen molar-refractivity contribution in [1.82, 2.24) is 29.1 Å². The molecule has 31 heteroatoms. The van der Waals surface area contributed by atoms with Crippen LogP contribution in [0.3, 0.4) is 0 Å². The Kier molecular flexibility index (Phi) is 11.4. The third-order valence-electron chi connectivity index (χ3n) is 7.06. The number of aliphatic hydroxyl groups excluding tert-OH is 3. The molecule has 0 aliphatic carbocycles. The molecule has 2 aliphatic heterocycles. The zero-order chi connectivity index (χ0) is 37.7. The van der Waals surface area contributed by atoms with Gasteiger partial charge in [-0.1, -0.05) is 0 Å². The molecular formula is C20H26N7O20P4-3. The van der Waals surface area contributed by atoms with E-state index in [9.17, 15) is 62.7 Å². The van der Waals surface area contributed by atoms with Crippen molar-refractivity contribution in [2.24, 2.45) is 0 Å². The molecule has 2 aliphatic rings. The van der Waals surface area contributed by atoms with Crippen LogP contribution in [0.5, 0.6) is 0 Å². The molecule has 0 bridgehead atoms. The van der Waals surface area contributed by atoms with Crippen LogP contribution in [-0.4, -0.2) is 93.0 Å². The Morgan fingerprint density at radius 2 is 1.57 bits per heavy atom. The molecule has 0 saturated carbocycles. The van der Waals surface area contributed by atoms with E-state index in [0.29, 0.717) is 0 Å². The summed E-state index contributed by atoms with van der Waals surface area (Å²) < 4.78 is 81.1. The summed E-state index contributed by atoms with van der Waals surface area (Å²) in [6, 6.07) is 0. The number of nitrogens with two attached hydrogens (primary N) is 1. The number of hydrogen-bond donors (Lipinski definition) is 6. The minimum absolute atomic E-state index is 0.0280. The van der Waals surface area contributed by atoms with Gasteiger partial charge in [0.15, 0.2) is 17.7 Å². The summed E-state index contributed by atoms with van der Waals surface area (Å²) in [6.07, 6.45) is -7.89. The van der Waals surface area contributed by atoms with Gasteiger partial charge in [0.25, 0.3) is 29.0 Å². The third-order valence-corrected chi connectivity index (χ3v) is 12.8. The number of aromatic amines is 1. The van der Waals surface area contributed by atoms with Gasteiger partial charge < -0.3 is 54.6 Å². The van der Waals surface area contributed by atoms with Gasteiger partial charge in [0, 0.05) is 18.2 Å². The number of hydrogen-bond acceptors (Lipinski definition) is 23. The van der Waals surface area contributed by atoms with Gasteiger partial charge in [-0.05, 0) is 6.92 Å². The van der Waals surface area contributed by atoms with Crippen molar-refractivity contribution in [1.29, 1.82) is 0 Å². The molecule has 7 unspecified atom stereocenters. The van der Waals surface area contributed by atoms with Gasteiger partial charge in [-0.15, -0.1) is 0 Å². The van der Waals surface area contributed by atoms with Crippen molar-refractivity contribution in [3.63, 3.8) is 0 Å². The number of H-pyrrole nitrogens is 1. The van der Waals surface area contributed by atoms with Gasteiger partial charge in [-0.25, -0.2) is 37.2 Å². The monoisotopic (exact) mass is 808 g/mol. The van der Waals surface area contributed by atoms with Crippen LogP contribution in [0, 0.1) is 6.92 Å². The molecule has 3 aromatic heterocycles. The lowest BCUT2D eigenvalue weighted by Crippen LogP contribution is -2.33. The highest BCUT2D eigenvalue weighted by Crippen LogP contribution is 2.67. The minimum atomic E-state index is -6.54. The largest absolute Gasteiger partial charge is 0.756 e. The Morgan fingerprint density at radius 1 is 0.922 bits per heavy atom. The third kappa shape index (κ3) is 9.31. The van der Waals surface area contributed by atoms with E-state index in [1.807, 2.05) is 4.98 Å². The minimum Gasteiger partial charge on any atom is -0.756 e. The average Bonchev–Trinajstić information content (AvgIpc) is 3.67. The standard InChI is InChI=1S/C20H29N7O20P4/c1-8-3-26(20(32)25-18(8)31)12-2-9(28)10(43-12)4-41-48(33,34)45-50(37,38)47-51(39,40)46-49(35,36)42-5-11-14(29)15(30)19(44-11)27-7-24-13-16(21)22-6-23-17(13)27/h3,6-7,9-12,14-15,19,28-30H,2,4-5H2,1H3,(H,33,34)(H,35,36)(H,37,38)(H,39,40)(H2,21,22,23)(H,25,31,32)/p-3/t9?,10-,11-,12-,14?,15?,19-/m1/s1. The van der Waals surface area contributed by atoms with Crippen molar-refractivity contribution in [3.8, 4) is 0 Å². The van der Waals surface area contributed by atoms with Crippen LogP contribution in [0.4, 0.5) is 5.82 Å². The molecule has 27 nitrogen and oxygen atoms in total. The second-order valence-electron chi connectivity index (χ2n) is 10.7. The molecule has 0 spiro atoms. The number of aliphatic hydroxyl groups is 3. The molecule has 11 atom stereocenters. The fourth-order valence-electron chi connectivity index (χ4n) is 4.77. The molecular weight excluding hydrogens is 782 g/mol. The van der Waals surface area contributed by atoms with Crippen LogP contribution >= 0.6 is 31.3 Å². The van der Waals surface area contributed by atoms with Crippen molar-refractivity contribution in [2.75, 3.05) is 18.9 Å². The van der Waals surface area contributed by atoms with Crippen molar-refractivity contribution in [2.45, 2.75) is 56.3 Å². The number of aromatic nitrogens is 6. The predicted molar refractivity (Wildman–Crippen MR) is 154 cm³/mol. The molecule has 7 N–H and O–H groups in total. The molecule has 5 rings (SSSR count). The van der Waals surface area contributed by atoms with E-state index in [1.54, 1.807) is 0 Å². The van der Waals surface area contributed by atoms with Gasteiger partial charge in [-0.3, -0.25) is 37.1 Å². The Bertz CT molecular complexity index is 2090. The zero-order valence-corrected chi connectivity index (χ0v) is 28.9.